The van der Waals surface area contributed by atoms with Crippen LogP contribution in [0, 0.1) is 0 Å². The van der Waals surface area contributed by atoms with E-state index in [1.807, 2.05) is 12.1 Å². The van der Waals surface area contributed by atoms with Crippen molar-refractivity contribution in [3.63, 3.8) is 0 Å². The van der Waals surface area contributed by atoms with Gasteiger partial charge in [0, 0.05) is 38.6 Å². The molecule has 9 aromatic rings. The van der Waals surface area contributed by atoms with E-state index in [-0.39, 0.29) is 0 Å². The number of nitrogens with one attached hydrogen (secondary N) is 1. The molecule has 0 amide bonds. The minimum Gasteiger partial charge on any atom is -0.456 e. The summed E-state index contributed by atoms with van der Waals surface area (Å²) < 4.78 is 8.39. The summed E-state index contributed by atoms with van der Waals surface area (Å²) in [6, 6.07) is 58.0. The summed E-state index contributed by atoms with van der Waals surface area (Å²) >= 11 is 0. The second kappa shape index (κ2) is 10.3. The molecule has 0 saturated heterocycles. The van der Waals surface area contributed by atoms with Gasteiger partial charge in [-0.05, 0) is 89.0 Å². The molecule has 3 heteroatoms. The molecule has 0 aliphatic rings. The molecule has 0 fully saturated rings. The highest BCUT2D eigenvalue weighted by molar-refractivity contribution is 6.10. The molecule has 9 rings (SSSR count). The summed E-state index contributed by atoms with van der Waals surface area (Å²) in [6.45, 7) is 0. The van der Waals surface area contributed by atoms with E-state index in [1.54, 1.807) is 0 Å². The summed E-state index contributed by atoms with van der Waals surface area (Å²) in [5.74, 6) is 0. The number of aromatic nitrogens is 1. The third-order valence-electron chi connectivity index (χ3n) is 8.77. The van der Waals surface area contributed by atoms with E-state index in [1.165, 1.54) is 44.1 Å². The molecule has 0 atom stereocenters. The van der Waals surface area contributed by atoms with Gasteiger partial charge in [-0.15, -0.1) is 0 Å². The Bertz CT molecular complexity index is 2500. The maximum absolute atomic E-state index is 6.02. The molecule has 7 aromatic carbocycles. The zero-order valence-corrected chi connectivity index (χ0v) is 24.4. The van der Waals surface area contributed by atoms with Crippen LogP contribution in [0.4, 0.5) is 11.4 Å². The molecule has 1 N–H and O–H groups in total. The predicted octanol–water partition coefficient (Wildman–Crippen LogP) is 11.8. The summed E-state index contributed by atoms with van der Waals surface area (Å²) in [5, 5.41) is 8.43. The lowest BCUT2D eigenvalue weighted by Crippen LogP contribution is -1.93. The highest BCUT2D eigenvalue weighted by atomic mass is 16.3. The maximum Gasteiger partial charge on any atom is 0.135 e. The number of furan rings is 1. The number of benzene rings is 7. The SMILES string of the molecule is c1ccc(-n2c3ccccc3c3ccc(-c4cccc(Nc5ccc(-c6ccc7oc8ccccc8c7c6)cc5)c4)cc32)cc1. The average Bonchev–Trinajstić information content (AvgIpc) is 3.64. The Morgan fingerprint density at radius 1 is 0.378 bits per heavy atom. The van der Waals surface area contributed by atoms with Crippen molar-refractivity contribution < 1.29 is 4.42 Å². The molecule has 0 unspecified atom stereocenters. The summed E-state index contributed by atoms with van der Waals surface area (Å²) in [4.78, 5) is 0. The van der Waals surface area contributed by atoms with Crippen LogP contribution >= 0.6 is 0 Å². The summed E-state index contributed by atoms with van der Waals surface area (Å²) in [6.07, 6.45) is 0. The maximum atomic E-state index is 6.02. The van der Waals surface area contributed by atoms with Gasteiger partial charge in [0.2, 0.25) is 0 Å². The second-order valence-corrected chi connectivity index (χ2v) is 11.5. The molecule has 0 radical (unpaired) electrons. The van der Waals surface area contributed by atoms with Gasteiger partial charge in [0.15, 0.2) is 0 Å². The van der Waals surface area contributed by atoms with Crippen LogP contribution < -0.4 is 5.32 Å². The molecule has 0 aliphatic heterocycles. The Labute approximate surface area is 260 Å². The van der Waals surface area contributed by atoms with Gasteiger partial charge in [-0.3, -0.25) is 0 Å². The highest BCUT2D eigenvalue weighted by Gasteiger charge is 2.13. The van der Waals surface area contributed by atoms with E-state index in [0.29, 0.717) is 0 Å². The molecule has 3 nitrogen and oxygen atoms in total. The van der Waals surface area contributed by atoms with Crippen LogP contribution in [0.3, 0.4) is 0 Å². The first-order valence-corrected chi connectivity index (χ1v) is 15.3. The Kier molecular flexibility index (Phi) is 5.82. The van der Waals surface area contributed by atoms with Crippen molar-refractivity contribution in [1.82, 2.24) is 4.57 Å². The number of hydrogen-bond donors (Lipinski definition) is 1. The lowest BCUT2D eigenvalue weighted by Gasteiger charge is -2.11. The number of para-hydroxylation sites is 3. The first-order chi connectivity index (χ1) is 22.3. The van der Waals surface area contributed by atoms with Crippen molar-refractivity contribution in [1.29, 1.82) is 0 Å². The molecule has 212 valence electrons. The fourth-order valence-corrected chi connectivity index (χ4v) is 6.60. The average molecular weight is 577 g/mol. The van der Waals surface area contributed by atoms with Crippen molar-refractivity contribution in [3.8, 4) is 27.9 Å². The van der Waals surface area contributed by atoms with Crippen LogP contribution in [0.15, 0.2) is 168 Å². The molecule has 0 spiro atoms. The minimum atomic E-state index is 0.916. The van der Waals surface area contributed by atoms with Gasteiger partial charge in [0.25, 0.3) is 0 Å². The van der Waals surface area contributed by atoms with Crippen molar-refractivity contribution in [2.75, 3.05) is 5.32 Å². The molecular weight excluding hydrogens is 548 g/mol. The zero-order valence-electron chi connectivity index (χ0n) is 24.4. The number of rotatable bonds is 5. The monoisotopic (exact) mass is 576 g/mol. The van der Waals surface area contributed by atoms with Gasteiger partial charge >= 0.3 is 0 Å². The number of fused-ring (bicyclic) bond motifs is 6. The highest BCUT2D eigenvalue weighted by Crippen LogP contribution is 2.36. The Balaban J connectivity index is 1.03. The van der Waals surface area contributed by atoms with Crippen LogP contribution in [0.1, 0.15) is 0 Å². The van der Waals surface area contributed by atoms with E-state index in [4.69, 9.17) is 4.42 Å². The van der Waals surface area contributed by atoms with Gasteiger partial charge in [-0.25, -0.2) is 0 Å². The van der Waals surface area contributed by atoms with E-state index >= 15 is 0 Å². The van der Waals surface area contributed by atoms with E-state index in [9.17, 15) is 0 Å². The molecule has 0 aliphatic carbocycles. The topological polar surface area (TPSA) is 30.1 Å². The summed E-state index contributed by atoms with van der Waals surface area (Å²) in [7, 11) is 0. The van der Waals surface area contributed by atoms with Crippen molar-refractivity contribution in [2.24, 2.45) is 0 Å². The zero-order chi connectivity index (χ0) is 29.7. The van der Waals surface area contributed by atoms with Gasteiger partial charge in [-0.1, -0.05) is 97.1 Å². The molecule has 0 saturated carbocycles. The molecule has 2 heterocycles. The van der Waals surface area contributed by atoms with Gasteiger partial charge < -0.3 is 14.3 Å². The molecule has 45 heavy (non-hydrogen) atoms. The van der Waals surface area contributed by atoms with Crippen molar-refractivity contribution >= 4 is 55.1 Å². The minimum absolute atomic E-state index is 0.916. The third kappa shape index (κ3) is 4.37. The largest absolute Gasteiger partial charge is 0.456 e. The van der Waals surface area contributed by atoms with E-state index in [0.717, 1.165) is 39.0 Å². The van der Waals surface area contributed by atoms with Crippen molar-refractivity contribution in [3.05, 3.63) is 164 Å². The van der Waals surface area contributed by atoms with Gasteiger partial charge in [0.1, 0.15) is 11.2 Å². The first kappa shape index (κ1) is 25.4. The van der Waals surface area contributed by atoms with Gasteiger partial charge in [-0.2, -0.15) is 0 Å². The fraction of sp³-hybridized carbons (Fsp3) is 0. The quantitative estimate of drug-likeness (QED) is 0.221. The fourth-order valence-electron chi connectivity index (χ4n) is 6.60. The number of nitrogens with zero attached hydrogens (tertiary/aromatic N) is 1. The molecule has 2 aromatic heterocycles. The van der Waals surface area contributed by atoms with E-state index in [2.05, 4.69) is 162 Å². The lowest BCUT2D eigenvalue weighted by atomic mass is 10.0. The Morgan fingerprint density at radius 2 is 1.04 bits per heavy atom. The van der Waals surface area contributed by atoms with Crippen LogP contribution in [0.25, 0.3) is 71.7 Å². The smallest absolute Gasteiger partial charge is 0.135 e. The third-order valence-corrected chi connectivity index (χ3v) is 8.77. The number of anilines is 2. The molecule has 0 bridgehead atoms. The normalized spacial score (nSPS) is 11.6. The lowest BCUT2D eigenvalue weighted by molar-refractivity contribution is 0.669. The van der Waals surface area contributed by atoms with Crippen LogP contribution in [-0.2, 0) is 0 Å². The summed E-state index contributed by atoms with van der Waals surface area (Å²) in [5.41, 5.74) is 12.2. The first-order valence-electron chi connectivity index (χ1n) is 15.3. The van der Waals surface area contributed by atoms with Crippen molar-refractivity contribution in [2.45, 2.75) is 0 Å². The predicted molar refractivity (Wildman–Crippen MR) is 189 cm³/mol. The van der Waals surface area contributed by atoms with Gasteiger partial charge in [0.05, 0.1) is 11.0 Å². The second-order valence-electron chi connectivity index (χ2n) is 11.5. The number of hydrogen-bond acceptors (Lipinski definition) is 2. The van der Waals surface area contributed by atoms with Crippen LogP contribution in [0.2, 0.25) is 0 Å². The van der Waals surface area contributed by atoms with Crippen LogP contribution in [-0.4, -0.2) is 4.57 Å². The van der Waals surface area contributed by atoms with E-state index < -0.39 is 0 Å². The Hall–Kier alpha value is -6.06. The Morgan fingerprint density at radius 3 is 1.93 bits per heavy atom. The molecular formula is C42H28N2O. The standard InChI is InChI=1S/C42H28N2O/c1-2-11-34(12-3-1)44-39-15-6-4-13-35(39)36-23-19-31(27-40(36)44)29-9-8-10-33(25-29)43-32-21-17-28(18-22-32)30-20-24-42-38(26-30)37-14-5-7-16-41(37)45-42/h1-27,43H. The van der Waals surface area contributed by atoms with Crippen LogP contribution in [0.5, 0.6) is 0 Å².